The molecule has 4 rings (SSSR count). The molecular weight excluding hydrogens is 417 g/mol. The molecule has 29 heavy (non-hydrogen) atoms. The van der Waals surface area contributed by atoms with E-state index in [0.717, 1.165) is 18.8 Å². The van der Waals surface area contributed by atoms with E-state index in [4.69, 9.17) is 32.4 Å². The maximum atomic E-state index is 12.5. The van der Waals surface area contributed by atoms with Crippen molar-refractivity contribution in [2.75, 3.05) is 37.7 Å². The number of halogens is 2. The van der Waals surface area contributed by atoms with Gasteiger partial charge in [-0.05, 0) is 30.3 Å². The minimum Gasteiger partial charge on any atom is -0.493 e. The van der Waals surface area contributed by atoms with Gasteiger partial charge < -0.3 is 19.0 Å². The van der Waals surface area contributed by atoms with E-state index in [0.29, 0.717) is 40.0 Å². The number of ether oxygens (including phenoxy) is 1. The van der Waals surface area contributed by atoms with Gasteiger partial charge in [-0.1, -0.05) is 23.2 Å². The van der Waals surface area contributed by atoms with E-state index in [-0.39, 0.29) is 18.9 Å². The van der Waals surface area contributed by atoms with E-state index < -0.39 is 5.76 Å². The zero-order chi connectivity index (χ0) is 20.4. The lowest BCUT2D eigenvalue weighted by Crippen LogP contribution is -2.49. The molecule has 0 radical (unpaired) electrons. The highest BCUT2D eigenvalue weighted by atomic mass is 35.5. The first-order chi connectivity index (χ1) is 14.0. The van der Waals surface area contributed by atoms with Crippen molar-refractivity contribution >= 4 is 45.9 Å². The van der Waals surface area contributed by atoms with Crippen LogP contribution in [-0.4, -0.2) is 48.6 Å². The van der Waals surface area contributed by atoms with Crippen LogP contribution in [0.2, 0.25) is 10.0 Å². The summed E-state index contributed by atoms with van der Waals surface area (Å²) in [6.45, 7) is 2.99. The quantitative estimate of drug-likeness (QED) is 0.662. The predicted octanol–water partition coefficient (Wildman–Crippen LogP) is 3.55. The molecule has 1 amide bonds. The van der Waals surface area contributed by atoms with Crippen LogP contribution < -0.4 is 15.4 Å². The molecule has 1 aliphatic rings. The Bertz CT molecular complexity index is 1090. The fraction of sp³-hybridized carbons (Fsp3) is 0.300. The van der Waals surface area contributed by atoms with Crippen LogP contribution in [0.25, 0.3) is 11.1 Å². The highest BCUT2D eigenvalue weighted by Crippen LogP contribution is 2.27. The number of benzene rings is 2. The van der Waals surface area contributed by atoms with Crippen LogP contribution in [0.15, 0.2) is 45.6 Å². The summed E-state index contributed by atoms with van der Waals surface area (Å²) in [6, 6.07) is 10.6. The Labute approximate surface area is 176 Å². The van der Waals surface area contributed by atoms with Gasteiger partial charge >= 0.3 is 5.76 Å². The lowest BCUT2D eigenvalue weighted by molar-refractivity contribution is -0.132. The molecule has 1 fully saturated rings. The van der Waals surface area contributed by atoms with Crippen molar-refractivity contribution in [1.29, 1.82) is 0 Å². The number of aromatic amines is 1. The number of carbonyl (C=O) groups is 1. The number of rotatable bonds is 5. The fourth-order valence-corrected chi connectivity index (χ4v) is 3.62. The zero-order valence-electron chi connectivity index (χ0n) is 15.5. The van der Waals surface area contributed by atoms with Crippen molar-refractivity contribution in [3.8, 4) is 5.75 Å². The average molecular weight is 436 g/mol. The number of piperazine rings is 1. The molecule has 1 aromatic heterocycles. The van der Waals surface area contributed by atoms with E-state index in [9.17, 15) is 9.59 Å². The zero-order valence-corrected chi connectivity index (χ0v) is 17.0. The number of nitrogens with one attached hydrogen (secondary N) is 1. The number of oxazole rings is 1. The molecule has 1 saturated heterocycles. The Kier molecular flexibility index (Phi) is 5.69. The normalized spacial score (nSPS) is 14.4. The van der Waals surface area contributed by atoms with Crippen molar-refractivity contribution in [3.05, 3.63) is 57.0 Å². The summed E-state index contributed by atoms with van der Waals surface area (Å²) >= 11 is 12.1. The Morgan fingerprint density at radius 2 is 1.86 bits per heavy atom. The maximum Gasteiger partial charge on any atom is 0.417 e. The van der Waals surface area contributed by atoms with E-state index in [1.807, 2.05) is 17.0 Å². The number of carbonyl (C=O) groups excluding carboxylic acids is 1. The monoisotopic (exact) mass is 435 g/mol. The first-order valence-electron chi connectivity index (χ1n) is 9.23. The predicted molar refractivity (Wildman–Crippen MR) is 112 cm³/mol. The van der Waals surface area contributed by atoms with Crippen LogP contribution in [0.3, 0.4) is 0 Å². The van der Waals surface area contributed by atoms with Crippen molar-refractivity contribution in [3.63, 3.8) is 0 Å². The van der Waals surface area contributed by atoms with Gasteiger partial charge in [0, 0.05) is 37.9 Å². The van der Waals surface area contributed by atoms with Gasteiger partial charge in [0.2, 0.25) is 5.91 Å². The molecule has 1 aliphatic heterocycles. The number of fused-ring (bicyclic) bond motifs is 1. The lowest BCUT2D eigenvalue weighted by atomic mass is 10.2. The van der Waals surface area contributed by atoms with Crippen LogP contribution >= 0.6 is 23.2 Å². The van der Waals surface area contributed by atoms with Gasteiger partial charge in [-0.2, -0.15) is 0 Å². The molecule has 7 nitrogen and oxygen atoms in total. The molecule has 0 spiro atoms. The number of anilines is 1. The Morgan fingerprint density at radius 3 is 2.62 bits per heavy atom. The molecule has 0 aliphatic carbocycles. The third kappa shape index (κ3) is 4.52. The SMILES string of the molecule is O=C(CCOc1ccc2[nH]c(=O)oc2c1)N1CCN(c2ccc(Cl)c(Cl)c2)CC1. The summed E-state index contributed by atoms with van der Waals surface area (Å²) in [7, 11) is 0. The Hall–Kier alpha value is -2.64. The van der Waals surface area contributed by atoms with E-state index in [1.54, 1.807) is 24.3 Å². The lowest BCUT2D eigenvalue weighted by Gasteiger charge is -2.36. The van der Waals surface area contributed by atoms with E-state index in [1.165, 1.54) is 0 Å². The highest BCUT2D eigenvalue weighted by molar-refractivity contribution is 6.42. The van der Waals surface area contributed by atoms with Crippen molar-refractivity contribution < 1.29 is 13.9 Å². The number of hydrogen-bond donors (Lipinski definition) is 1. The molecule has 0 atom stereocenters. The molecule has 0 bridgehead atoms. The van der Waals surface area contributed by atoms with Gasteiger partial charge in [0.05, 0.1) is 28.6 Å². The van der Waals surface area contributed by atoms with Gasteiger partial charge in [-0.3, -0.25) is 9.78 Å². The number of amides is 1. The van der Waals surface area contributed by atoms with Gasteiger partial charge in [-0.15, -0.1) is 0 Å². The summed E-state index contributed by atoms with van der Waals surface area (Å²) < 4.78 is 10.6. The minimum absolute atomic E-state index is 0.0491. The number of nitrogens with zero attached hydrogens (tertiary/aromatic N) is 2. The summed E-state index contributed by atoms with van der Waals surface area (Å²) in [5, 5.41) is 1.05. The Balaban J connectivity index is 1.26. The van der Waals surface area contributed by atoms with Crippen LogP contribution in [0, 0.1) is 0 Å². The smallest absolute Gasteiger partial charge is 0.417 e. The molecule has 9 heteroatoms. The second-order valence-electron chi connectivity index (χ2n) is 6.74. The van der Waals surface area contributed by atoms with Crippen molar-refractivity contribution in [1.82, 2.24) is 9.88 Å². The number of aromatic nitrogens is 1. The fourth-order valence-electron chi connectivity index (χ4n) is 3.33. The summed E-state index contributed by atoms with van der Waals surface area (Å²) in [6.07, 6.45) is 0.280. The van der Waals surface area contributed by atoms with Gasteiger partial charge in [0.15, 0.2) is 5.58 Å². The van der Waals surface area contributed by atoms with Crippen LogP contribution in [0.1, 0.15) is 6.42 Å². The molecule has 2 aromatic carbocycles. The average Bonchev–Trinajstić information content (AvgIpc) is 3.09. The van der Waals surface area contributed by atoms with Gasteiger partial charge in [0.1, 0.15) is 5.75 Å². The molecule has 2 heterocycles. The molecule has 1 N–H and O–H groups in total. The number of hydrogen-bond acceptors (Lipinski definition) is 5. The third-order valence-electron chi connectivity index (χ3n) is 4.88. The third-order valence-corrected chi connectivity index (χ3v) is 5.62. The van der Waals surface area contributed by atoms with Crippen molar-refractivity contribution in [2.24, 2.45) is 0 Å². The first-order valence-corrected chi connectivity index (χ1v) is 9.98. The molecule has 152 valence electrons. The largest absolute Gasteiger partial charge is 0.493 e. The number of H-pyrrole nitrogens is 1. The van der Waals surface area contributed by atoms with Crippen molar-refractivity contribution in [2.45, 2.75) is 6.42 Å². The molecule has 0 saturated carbocycles. The standard InChI is InChI=1S/C20H19Cl2N3O4/c21-15-3-1-13(11-16(15)22)24-6-8-25(9-7-24)19(26)5-10-28-14-2-4-17-18(12-14)29-20(27)23-17/h1-4,11-12H,5-10H2,(H,23,27). The van der Waals surface area contributed by atoms with Crippen LogP contribution in [0.5, 0.6) is 5.75 Å². The second kappa shape index (κ2) is 8.39. The summed E-state index contributed by atoms with van der Waals surface area (Å²) in [5.74, 6) is 0.0953. The Morgan fingerprint density at radius 1 is 1.07 bits per heavy atom. The topological polar surface area (TPSA) is 78.8 Å². The van der Waals surface area contributed by atoms with Crippen LogP contribution in [0.4, 0.5) is 5.69 Å². The summed E-state index contributed by atoms with van der Waals surface area (Å²) in [4.78, 5) is 30.3. The maximum absolute atomic E-state index is 12.5. The molecule has 3 aromatic rings. The molecule has 0 unspecified atom stereocenters. The van der Waals surface area contributed by atoms with E-state index >= 15 is 0 Å². The van der Waals surface area contributed by atoms with E-state index in [2.05, 4.69) is 9.88 Å². The van der Waals surface area contributed by atoms with Gasteiger partial charge in [-0.25, -0.2) is 4.79 Å². The summed E-state index contributed by atoms with van der Waals surface area (Å²) in [5.41, 5.74) is 2.04. The van der Waals surface area contributed by atoms with Crippen LogP contribution in [-0.2, 0) is 4.79 Å². The van der Waals surface area contributed by atoms with Gasteiger partial charge in [0.25, 0.3) is 0 Å². The second-order valence-corrected chi connectivity index (χ2v) is 7.55. The molecular formula is C20H19Cl2N3O4. The first kappa shape index (κ1) is 19.7. The minimum atomic E-state index is -0.507. The highest BCUT2D eigenvalue weighted by Gasteiger charge is 2.21.